The molecule has 1 N–H and O–H groups in total. The Morgan fingerprint density at radius 1 is 1.20 bits per heavy atom. The highest BCUT2D eigenvalue weighted by atomic mass is 35.5. The number of halogens is 6. The van der Waals surface area contributed by atoms with E-state index in [-0.39, 0.29) is 42.2 Å². The number of hydrogen-bond donors (Lipinski definition) is 1. The molecule has 1 aliphatic rings. The Hall–Kier alpha value is -0.760. The monoisotopic (exact) mass is 406 g/mol. The fraction of sp³-hybridized carbons (Fsp3) is 0.625. The van der Waals surface area contributed by atoms with E-state index in [1.54, 1.807) is 0 Å². The van der Waals surface area contributed by atoms with Crippen molar-refractivity contribution in [1.29, 1.82) is 0 Å². The third kappa shape index (κ3) is 7.56. The van der Waals surface area contributed by atoms with E-state index in [0.29, 0.717) is 6.42 Å². The van der Waals surface area contributed by atoms with E-state index >= 15 is 0 Å². The summed E-state index contributed by atoms with van der Waals surface area (Å²) in [6, 6.07) is 3.03. The van der Waals surface area contributed by atoms with Gasteiger partial charge in [0, 0.05) is 37.8 Å². The van der Waals surface area contributed by atoms with Gasteiger partial charge in [-0.1, -0.05) is 19.8 Å². The van der Waals surface area contributed by atoms with Crippen molar-refractivity contribution in [3.8, 4) is 5.75 Å². The van der Waals surface area contributed by atoms with Crippen molar-refractivity contribution in [2.75, 3.05) is 26.2 Å². The van der Waals surface area contributed by atoms with Crippen molar-refractivity contribution in [2.24, 2.45) is 0 Å². The standard InChI is InChI=1S/C16H22F4N2O.2ClH/c1-2-3-4-15(22-9-7-21-8-10-22)13-11-12(5-6-14(13)17)23-16(18,19)20;;/h5-6,11,15,21H,2-4,7-10H2,1H3;2*1H/t15-;;/m1../s1. The summed E-state index contributed by atoms with van der Waals surface area (Å²) in [7, 11) is 0. The molecule has 1 saturated heterocycles. The Morgan fingerprint density at radius 3 is 2.40 bits per heavy atom. The van der Waals surface area contributed by atoms with Gasteiger partial charge in [0.25, 0.3) is 0 Å². The molecule has 25 heavy (non-hydrogen) atoms. The smallest absolute Gasteiger partial charge is 0.406 e. The highest BCUT2D eigenvalue weighted by Crippen LogP contribution is 2.33. The van der Waals surface area contributed by atoms with Gasteiger partial charge >= 0.3 is 6.36 Å². The summed E-state index contributed by atoms with van der Waals surface area (Å²) in [4.78, 5) is 2.13. The Morgan fingerprint density at radius 2 is 1.84 bits per heavy atom. The first-order chi connectivity index (χ1) is 10.9. The molecular weight excluding hydrogens is 383 g/mol. The molecule has 0 amide bonds. The summed E-state index contributed by atoms with van der Waals surface area (Å²) in [6.45, 7) is 5.12. The summed E-state index contributed by atoms with van der Waals surface area (Å²) in [5, 5.41) is 3.23. The maximum absolute atomic E-state index is 14.3. The topological polar surface area (TPSA) is 24.5 Å². The first-order valence-electron chi connectivity index (χ1n) is 7.90. The molecule has 1 aromatic rings. The second-order valence-corrected chi connectivity index (χ2v) is 5.68. The maximum Gasteiger partial charge on any atom is 0.573 e. The van der Waals surface area contributed by atoms with Crippen LogP contribution in [0, 0.1) is 5.82 Å². The number of rotatable bonds is 6. The van der Waals surface area contributed by atoms with Gasteiger partial charge in [-0.15, -0.1) is 38.0 Å². The highest BCUT2D eigenvalue weighted by Gasteiger charge is 2.32. The number of unbranched alkanes of at least 4 members (excludes halogenated alkanes) is 1. The third-order valence-electron chi connectivity index (χ3n) is 3.98. The minimum atomic E-state index is -4.77. The normalized spacial score (nSPS) is 16.5. The molecule has 0 unspecified atom stereocenters. The Kier molecular flexibility index (Phi) is 10.7. The number of nitrogens with one attached hydrogen (secondary N) is 1. The van der Waals surface area contributed by atoms with Gasteiger partial charge in [0.1, 0.15) is 11.6 Å². The summed E-state index contributed by atoms with van der Waals surface area (Å²) in [5.74, 6) is -0.857. The molecule has 1 fully saturated rings. The van der Waals surface area contributed by atoms with Crippen molar-refractivity contribution in [3.63, 3.8) is 0 Å². The first kappa shape index (κ1) is 24.2. The first-order valence-corrected chi connectivity index (χ1v) is 7.90. The number of ether oxygens (including phenoxy) is 1. The van der Waals surface area contributed by atoms with Crippen molar-refractivity contribution < 1.29 is 22.3 Å². The summed E-state index contributed by atoms with van der Waals surface area (Å²) >= 11 is 0. The third-order valence-corrected chi connectivity index (χ3v) is 3.98. The van der Waals surface area contributed by atoms with Crippen LogP contribution >= 0.6 is 24.8 Å². The van der Waals surface area contributed by atoms with Crippen LogP contribution in [0.5, 0.6) is 5.75 Å². The molecule has 0 aliphatic carbocycles. The van der Waals surface area contributed by atoms with Crippen LogP contribution in [0.1, 0.15) is 37.8 Å². The zero-order valence-corrected chi connectivity index (χ0v) is 15.6. The van der Waals surface area contributed by atoms with Gasteiger partial charge in [0.05, 0.1) is 0 Å². The van der Waals surface area contributed by atoms with Crippen molar-refractivity contribution in [3.05, 3.63) is 29.6 Å². The Bertz CT molecular complexity index is 511. The molecule has 1 heterocycles. The predicted molar refractivity (Wildman–Crippen MR) is 94.3 cm³/mol. The van der Waals surface area contributed by atoms with Gasteiger partial charge in [-0.05, 0) is 24.6 Å². The maximum atomic E-state index is 14.3. The molecular formula is C16H24Cl2F4N2O. The molecule has 0 aromatic heterocycles. The van der Waals surface area contributed by atoms with E-state index in [1.807, 2.05) is 6.92 Å². The lowest BCUT2D eigenvalue weighted by atomic mass is 9.98. The lowest BCUT2D eigenvalue weighted by molar-refractivity contribution is -0.274. The van der Waals surface area contributed by atoms with Crippen molar-refractivity contribution in [1.82, 2.24) is 10.2 Å². The summed E-state index contributed by atoms with van der Waals surface area (Å²) in [6.07, 6.45) is -2.23. The van der Waals surface area contributed by atoms with Gasteiger partial charge in [0.2, 0.25) is 0 Å². The van der Waals surface area contributed by atoms with Crippen molar-refractivity contribution >= 4 is 24.8 Å². The van der Waals surface area contributed by atoms with Gasteiger partial charge in [-0.2, -0.15) is 0 Å². The number of nitrogens with zero attached hydrogens (tertiary/aromatic N) is 1. The highest BCUT2D eigenvalue weighted by molar-refractivity contribution is 5.85. The quantitative estimate of drug-likeness (QED) is 0.692. The Balaban J connectivity index is 0.00000288. The van der Waals surface area contributed by atoms with Gasteiger partial charge in [0.15, 0.2) is 0 Å². The number of benzene rings is 1. The summed E-state index contributed by atoms with van der Waals surface area (Å²) in [5.41, 5.74) is 0.280. The zero-order chi connectivity index (χ0) is 16.9. The van der Waals surface area contributed by atoms with Gasteiger partial charge in [-0.3, -0.25) is 4.90 Å². The second-order valence-electron chi connectivity index (χ2n) is 5.68. The predicted octanol–water partition coefficient (Wildman–Crippen LogP) is 4.70. The SMILES string of the molecule is CCCC[C@H](c1cc(OC(F)(F)F)ccc1F)N1CCNCC1.Cl.Cl. The molecule has 0 bridgehead atoms. The number of piperazine rings is 1. The Labute approximate surface area is 157 Å². The van der Waals surface area contributed by atoms with E-state index < -0.39 is 12.2 Å². The minimum Gasteiger partial charge on any atom is -0.406 e. The largest absolute Gasteiger partial charge is 0.573 e. The average molecular weight is 407 g/mol. The van der Waals surface area contributed by atoms with E-state index in [9.17, 15) is 17.6 Å². The molecule has 2 rings (SSSR count). The summed E-state index contributed by atoms with van der Waals surface area (Å²) < 4.78 is 55.4. The molecule has 1 aromatic carbocycles. The van der Waals surface area contributed by atoms with Crippen LogP contribution < -0.4 is 10.1 Å². The molecule has 0 radical (unpaired) electrons. The fourth-order valence-electron chi connectivity index (χ4n) is 2.90. The van der Waals surface area contributed by atoms with E-state index in [2.05, 4.69) is 15.0 Å². The molecule has 3 nitrogen and oxygen atoms in total. The molecule has 0 spiro atoms. The van der Waals surface area contributed by atoms with Crippen molar-refractivity contribution in [2.45, 2.75) is 38.6 Å². The lowest BCUT2D eigenvalue weighted by Crippen LogP contribution is -2.45. The van der Waals surface area contributed by atoms with E-state index in [1.165, 1.54) is 6.07 Å². The van der Waals surface area contributed by atoms with E-state index in [4.69, 9.17) is 0 Å². The number of alkyl halides is 3. The fourth-order valence-corrected chi connectivity index (χ4v) is 2.90. The number of hydrogen-bond acceptors (Lipinski definition) is 3. The molecule has 146 valence electrons. The van der Waals surface area contributed by atoms with Crippen LogP contribution in [-0.2, 0) is 0 Å². The molecule has 0 saturated carbocycles. The van der Waals surface area contributed by atoms with Gasteiger partial charge in [-0.25, -0.2) is 4.39 Å². The van der Waals surface area contributed by atoms with Crippen LogP contribution in [0.2, 0.25) is 0 Å². The van der Waals surface area contributed by atoms with Crippen LogP contribution in [0.15, 0.2) is 18.2 Å². The molecule has 1 aliphatic heterocycles. The molecule has 9 heteroatoms. The minimum absolute atomic E-state index is 0. The molecule has 1 atom stereocenters. The van der Waals surface area contributed by atoms with Gasteiger partial charge < -0.3 is 10.1 Å². The average Bonchev–Trinajstić information content (AvgIpc) is 2.50. The van der Waals surface area contributed by atoms with Crippen LogP contribution in [0.25, 0.3) is 0 Å². The van der Waals surface area contributed by atoms with Crippen LogP contribution in [0.4, 0.5) is 17.6 Å². The lowest BCUT2D eigenvalue weighted by Gasteiger charge is -2.35. The zero-order valence-electron chi connectivity index (χ0n) is 13.9. The van der Waals surface area contributed by atoms with E-state index in [0.717, 1.165) is 51.2 Å². The van der Waals surface area contributed by atoms with Crippen LogP contribution in [0.3, 0.4) is 0 Å². The second kappa shape index (κ2) is 11.1. The van der Waals surface area contributed by atoms with Crippen LogP contribution in [-0.4, -0.2) is 37.4 Å².